The Morgan fingerprint density at radius 2 is 1.41 bits per heavy atom. The summed E-state index contributed by atoms with van der Waals surface area (Å²) < 4.78 is 0. The molecule has 5 amide bonds. The number of carboxylic acids is 1. The van der Waals surface area contributed by atoms with Crippen LogP contribution >= 0.6 is 21.6 Å². The molecule has 0 aromatic heterocycles. The van der Waals surface area contributed by atoms with Gasteiger partial charge in [-0.05, 0) is 56.3 Å². The summed E-state index contributed by atoms with van der Waals surface area (Å²) in [4.78, 5) is 82.1. The van der Waals surface area contributed by atoms with Gasteiger partial charge >= 0.3 is 5.97 Å². The van der Waals surface area contributed by atoms with Gasteiger partial charge in [-0.2, -0.15) is 0 Å². The third kappa shape index (κ3) is 15.7. The number of carbonyl (C=O) groups excluding carboxylic acids is 5. The quantitative estimate of drug-likeness (QED) is 0.0468. The second kappa shape index (κ2) is 21.6. The van der Waals surface area contributed by atoms with Gasteiger partial charge in [-0.15, -0.1) is 0 Å². The number of amides is 5. The fourth-order valence-corrected chi connectivity index (χ4v) is 6.74. The van der Waals surface area contributed by atoms with Crippen LogP contribution < -0.4 is 49.5 Å². The molecule has 1 fully saturated rings. The number of nitrogens with one attached hydrogen (secondary N) is 5. The van der Waals surface area contributed by atoms with Gasteiger partial charge in [0.15, 0.2) is 5.96 Å². The van der Waals surface area contributed by atoms with Crippen LogP contribution in [0, 0.1) is 0 Å². The van der Waals surface area contributed by atoms with Crippen molar-refractivity contribution in [2.24, 2.45) is 27.9 Å². The highest BCUT2D eigenvalue weighted by atomic mass is 33.1. The van der Waals surface area contributed by atoms with Gasteiger partial charge in [0.2, 0.25) is 29.5 Å². The van der Waals surface area contributed by atoms with Gasteiger partial charge in [-0.25, -0.2) is 4.79 Å². The van der Waals surface area contributed by atoms with Crippen LogP contribution in [-0.2, 0) is 35.2 Å². The number of aliphatic carboxylic acids is 1. The van der Waals surface area contributed by atoms with Gasteiger partial charge in [-0.3, -0.25) is 29.0 Å². The molecule has 0 spiro atoms. The molecule has 1 aromatic carbocycles. The van der Waals surface area contributed by atoms with E-state index >= 15 is 0 Å². The first-order valence-corrected chi connectivity index (χ1v) is 18.0. The standard InChI is InChI=1S/C29H46N10O8S2/c30-10-2-1-4-19-25(43)37-20(5-3-11-34-29(32)33)26(44)39-22(28(46)47)15-49-48-14-18(31)24(42)35-13-23(41)36-21(27(45)38-19)12-16-6-8-17(40)9-7-16/h6-9,18-22,40H,1-5,10-15,30-31H2,(H,35,42)(H,36,41)(H,37,43)(H,38,45)(H,39,44)(H,46,47)(H4,32,33,34)/t18-,19-,20-,21-,22-/m0/s1. The Labute approximate surface area is 291 Å². The molecule has 5 atom stereocenters. The Hall–Kier alpha value is -4.27. The molecule has 15 N–H and O–H groups in total. The predicted molar refractivity (Wildman–Crippen MR) is 186 cm³/mol. The number of nitrogens with zero attached hydrogens (tertiary/aromatic N) is 1. The van der Waals surface area contributed by atoms with Crippen molar-refractivity contribution in [3.8, 4) is 5.75 Å². The minimum absolute atomic E-state index is 0.00716. The number of phenolic OH excluding ortho intramolecular Hbond substituents is 1. The molecule has 1 aliphatic heterocycles. The molecule has 49 heavy (non-hydrogen) atoms. The fourth-order valence-electron chi connectivity index (χ4n) is 4.46. The number of benzene rings is 1. The molecule has 0 saturated carbocycles. The van der Waals surface area contributed by atoms with E-state index in [9.17, 15) is 39.0 Å². The molecule has 0 radical (unpaired) electrons. The molecule has 0 aliphatic carbocycles. The van der Waals surface area contributed by atoms with Crippen molar-refractivity contribution < 1.29 is 39.0 Å². The van der Waals surface area contributed by atoms with Crippen LogP contribution in [0.25, 0.3) is 0 Å². The smallest absolute Gasteiger partial charge is 0.327 e. The largest absolute Gasteiger partial charge is 0.508 e. The molecule has 0 bridgehead atoms. The highest BCUT2D eigenvalue weighted by Crippen LogP contribution is 2.23. The van der Waals surface area contributed by atoms with E-state index < -0.39 is 72.3 Å². The highest BCUT2D eigenvalue weighted by Gasteiger charge is 2.31. The molecule has 20 heteroatoms. The number of unbranched alkanes of at least 4 members (excludes halogenated alkanes) is 1. The van der Waals surface area contributed by atoms with Gasteiger partial charge in [0.1, 0.15) is 29.9 Å². The Morgan fingerprint density at radius 3 is 2.02 bits per heavy atom. The fraction of sp³-hybridized carbons (Fsp3) is 0.552. The van der Waals surface area contributed by atoms with Crippen LogP contribution in [0.5, 0.6) is 5.75 Å². The van der Waals surface area contributed by atoms with Crippen LogP contribution in [-0.4, -0.2) is 113 Å². The van der Waals surface area contributed by atoms with Crippen LogP contribution in [0.15, 0.2) is 29.3 Å². The first kappa shape index (κ1) is 40.9. The number of phenols is 1. The average molecular weight is 727 g/mol. The molecule has 2 rings (SSSR count). The number of rotatable bonds is 11. The monoisotopic (exact) mass is 726 g/mol. The summed E-state index contributed by atoms with van der Waals surface area (Å²) >= 11 is 0. The molecule has 1 heterocycles. The summed E-state index contributed by atoms with van der Waals surface area (Å²) in [6, 6.07) is -0.106. The van der Waals surface area contributed by atoms with Gasteiger partial charge < -0.3 is 59.7 Å². The lowest BCUT2D eigenvalue weighted by Gasteiger charge is -2.26. The van der Waals surface area contributed by atoms with Crippen molar-refractivity contribution in [2.45, 2.75) is 68.7 Å². The summed E-state index contributed by atoms with van der Waals surface area (Å²) in [5.41, 5.74) is 22.9. The number of aliphatic imine (C=N–C) groups is 1. The highest BCUT2D eigenvalue weighted by molar-refractivity contribution is 8.76. The number of hydrogen-bond acceptors (Lipinski definition) is 12. The molecular formula is C29H46N10O8S2. The second-order valence-electron chi connectivity index (χ2n) is 11.1. The number of aromatic hydroxyl groups is 1. The zero-order valence-electron chi connectivity index (χ0n) is 26.9. The lowest BCUT2D eigenvalue weighted by atomic mass is 10.0. The number of guanidine groups is 1. The van der Waals surface area contributed by atoms with Crippen LogP contribution in [0.2, 0.25) is 0 Å². The number of carboxylic acid groups (broad SMARTS) is 1. The summed E-state index contributed by atoms with van der Waals surface area (Å²) in [5, 5.41) is 32.2. The third-order valence-electron chi connectivity index (χ3n) is 7.13. The second-order valence-corrected chi connectivity index (χ2v) is 13.7. The predicted octanol–water partition coefficient (Wildman–Crippen LogP) is -3.02. The molecule has 18 nitrogen and oxygen atoms in total. The molecule has 1 saturated heterocycles. The van der Waals surface area contributed by atoms with Gasteiger partial charge in [0.05, 0.1) is 12.6 Å². The van der Waals surface area contributed by atoms with E-state index in [4.69, 9.17) is 22.9 Å². The van der Waals surface area contributed by atoms with E-state index in [2.05, 4.69) is 31.6 Å². The zero-order valence-corrected chi connectivity index (χ0v) is 28.5. The third-order valence-corrected chi connectivity index (χ3v) is 9.57. The zero-order chi connectivity index (χ0) is 36.3. The minimum Gasteiger partial charge on any atom is -0.508 e. The summed E-state index contributed by atoms with van der Waals surface area (Å²) in [7, 11) is 2.16. The van der Waals surface area contributed by atoms with Crippen molar-refractivity contribution in [3.05, 3.63) is 29.8 Å². The van der Waals surface area contributed by atoms with Crippen LogP contribution in [0.3, 0.4) is 0 Å². The molecule has 272 valence electrons. The Morgan fingerprint density at radius 1 is 0.816 bits per heavy atom. The normalized spacial score (nSPS) is 23.6. The summed E-state index contributed by atoms with van der Waals surface area (Å²) in [6.45, 7) is -0.0569. The molecular weight excluding hydrogens is 681 g/mol. The van der Waals surface area contributed by atoms with Crippen LogP contribution in [0.1, 0.15) is 37.7 Å². The van der Waals surface area contributed by atoms with Crippen LogP contribution in [0.4, 0.5) is 0 Å². The van der Waals surface area contributed by atoms with Gasteiger partial charge in [-0.1, -0.05) is 33.7 Å². The number of hydrogen-bond donors (Lipinski definition) is 11. The van der Waals surface area contributed by atoms with E-state index in [-0.39, 0.29) is 55.4 Å². The Bertz CT molecular complexity index is 1320. The van der Waals surface area contributed by atoms with Crippen molar-refractivity contribution in [1.82, 2.24) is 26.6 Å². The SMILES string of the molecule is NCCCC[C@@H]1NC(=O)[C@H](Cc2ccc(O)cc2)NC(=O)CNC(=O)[C@@H](N)CSSC[C@@H](C(=O)O)NC(=O)[C@H](CCCN=C(N)N)NC1=O. The number of nitrogens with two attached hydrogens (primary N) is 4. The molecule has 1 aromatic rings. The summed E-state index contributed by atoms with van der Waals surface area (Å²) in [5.74, 6) is -5.15. The van der Waals surface area contributed by atoms with E-state index in [1.54, 1.807) is 12.1 Å². The maximum atomic E-state index is 13.7. The lowest BCUT2D eigenvalue weighted by Crippen LogP contribution is -2.58. The molecule has 0 unspecified atom stereocenters. The van der Waals surface area contributed by atoms with E-state index in [0.717, 1.165) is 21.6 Å². The Balaban J connectivity index is 2.44. The Kier molecular flexibility index (Phi) is 18.1. The number of carbonyl (C=O) groups is 6. The van der Waals surface area contributed by atoms with Crippen molar-refractivity contribution >= 4 is 63.1 Å². The van der Waals surface area contributed by atoms with Gasteiger partial charge in [0, 0.05) is 24.5 Å². The van der Waals surface area contributed by atoms with E-state index in [0.29, 0.717) is 24.9 Å². The van der Waals surface area contributed by atoms with E-state index in [1.807, 2.05) is 0 Å². The van der Waals surface area contributed by atoms with E-state index in [1.165, 1.54) is 12.1 Å². The topological polar surface area (TPSA) is 319 Å². The minimum atomic E-state index is -1.36. The maximum Gasteiger partial charge on any atom is 0.327 e. The van der Waals surface area contributed by atoms with Gasteiger partial charge in [0.25, 0.3) is 0 Å². The van der Waals surface area contributed by atoms with Crippen molar-refractivity contribution in [2.75, 3.05) is 31.1 Å². The molecule has 1 aliphatic rings. The maximum absolute atomic E-state index is 13.7. The lowest BCUT2D eigenvalue weighted by molar-refractivity contribution is -0.141. The summed E-state index contributed by atoms with van der Waals surface area (Å²) in [6.07, 6.45) is 1.29. The van der Waals surface area contributed by atoms with Crippen molar-refractivity contribution in [1.29, 1.82) is 0 Å². The average Bonchev–Trinajstić information content (AvgIpc) is 3.05. The first-order valence-electron chi connectivity index (χ1n) is 15.5. The first-order chi connectivity index (χ1) is 23.3. The van der Waals surface area contributed by atoms with Crippen molar-refractivity contribution in [3.63, 3.8) is 0 Å².